The van der Waals surface area contributed by atoms with Gasteiger partial charge in [-0.15, -0.1) is 23.1 Å². The summed E-state index contributed by atoms with van der Waals surface area (Å²) in [6.45, 7) is 2.12. The highest BCUT2D eigenvalue weighted by Gasteiger charge is 2.02. The molecule has 2 aromatic rings. The van der Waals surface area contributed by atoms with Crippen LogP contribution in [-0.4, -0.2) is 4.98 Å². The Labute approximate surface area is 103 Å². The van der Waals surface area contributed by atoms with Crippen molar-refractivity contribution in [2.24, 2.45) is 0 Å². The summed E-state index contributed by atoms with van der Waals surface area (Å²) < 4.78 is 0.621. The van der Waals surface area contributed by atoms with Gasteiger partial charge in [0.15, 0.2) is 4.47 Å². The molecule has 0 spiro atoms. The summed E-state index contributed by atoms with van der Waals surface area (Å²) in [5.74, 6) is 0.883. The van der Waals surface area contributed by atoms with Crippen LogP contribution in [0.5, 0.6) is 0 Å². The molecule has 0 unspecified atom stereocenters. The zero-order valence-corrected chi connectivity index (χ0v) is 10.6. The first-order valence-electron chi connectivity index (χ1n) is 4.54. The lowest BCUT2D eigenvalue weighted by molar-refractivity contribution is 1.22. The van der Waals surface area contributed by atoms with E-state index in [4.69, 9.17) is 11.6 Å². The van der Waals surface area contributed by atoms with Crippen molar-refractivity contribution in [3.8, 4) is 0 Å². The summed E-state index contributed by atoms with van der Waals surface area (Å²) in [5.41, 5.74) is 2.36. The maximum absolute atomic E-state index is 5.77. The minimum Gasteiger partial charge on any atom is -0.229 e. The van der Waals surface area contributed by atoms with Crippen molar-refractivity contribution < 1.29 is 0 Å². The minimum absolute atomic E-state index is 0.621. The van der Waals surface area contributed by atoms with Crippen LogP contribution in [0.25, 0.3) is 0 Å². The van der Waals surface area contributed by atoms with Gasteiger partial charge < -0.3 is 0 Å². The van der Waals surface area contributed by atoms with Gasteiger partial charge >= 0.3 is 0 Å². The Bertz CT molecular complexity index is 453. The maximum atomic E-state index is 5.77. The van der Waals surface area contributed by atoms with E-state index < -0.39 is 0 Å². The third-order valence-electron chi connectivity index (χ3n) is 1.99. The van der Waals surface area contributed by atoms with Crippen molar-refractivity contribution in [3.63, 3.8) is 0 Å². The fraction of sp³-hybridized carbons (Fsp3) is 0.182. The first-order valence-corrected chi connectivity index (χ1v) is 6.78. The van der Waals surface area contributed by atoms with Gasteiger partial charge in [0.2, 0.25) is 0 Å². The van der Waals surface area contributed by atoms with E-state index in [1.807, 2.05) is 5.38 Å². The summed E-state index contributed by atoms with van der Waals surface area (Å²) in [4.78, 5) is 5.53. The lowest BCUT2D eigenvalue weighted by Gasteiger charge is -2.02. The van der Waals surface area contributed by atoms with Crippen molar-refractivity contribution in [1.29, 1.82) is 0 Å². The molecule has 0 fully saturated rings. The molecule has 0 aliphatic heterocycles. The second-order valence-corrected chi connectivity index (χ2v) is 5.60. The topological polar surface area (TPSA) is 12.9 Å². The van der Waals surface area contributed by atoms with Gasteiger partial charge in [0.25, 0.3) is 0 Å². The number of aromatic nitrogens is 1. The predicted octanol–water partition coefficient (Wildman–Crippen LogP) is 4.40. The second kappa shape index (κ2) is 5.01. The molecule has 0 saturated heterocycles. The van der Waals surface area contributed by atoms with Crippen LogP contribution in [-0.2, 0) is 5.75 Å². The van der Waals surface area contributed by atoms with Crippen LogP contribution in [0.3, 0.4) is 0 Å². The van der Waals surface area contributed by atoms with Crippen molar-refractivity contribution in [2.45, 2.75) is 17.6 Å². The number of thiazole rings is 1. The number of aryl methyl sites for hydroxylation is 1. The Morgan fingerprint density at radius 2 is 2.20 bits per heavy atom. The van der Waals surface area contributed by atoms with Crippen molar-refractivity contribution in [2.75, 3.05) is 0 Å². The van der Waals surface area contributed by atoms with E-state index in [1.165, 1.54) is 21.8 Å². The van der Waals surface area contributed by atoms with Gasteiger partial charge in [-0.1, -0.05) is 29.8 Å². The molecule has 4 heteroatoms. The molecule has 0 radical (unpaired) electrons. The monoisotopic (exact) mass is 255 g/mol. The molecule has 1 aromatic carbocycles. The minimum atomic E-state index is 0.621. The molecule has 1 aromatic heterocycles. The Balaban J connectivity index is 2.02. The zero-order chi connectivity index (χ0) is 10.7. The van der Waals surface area contributed by atoms with E-state index in [-0.39, 0.29) is 0 Å². The molecule has 0 amide bonds. The van der Waals surface area contributed by atoms with Crippen molar-refractivity contribution in [1.82, 2.24) is 4.98 Å². The molecule has 0 N–H and O–H groups in total. The SMILES string of the molecule is Cc1ccccc1SCc1csc(Cl)n1. The van der Waals surface area contributed by atoms with Crippen LogP contribution >= 0.6 is 34.7 Å². The van der Waals surface area contributed by atoms with Crippen molar-refractivity contribution in [3.05, 3.63) is 45.4 Å². The van der Waals surface area contributed by atoms with E-state index in [2.05, 4.69) is 36.2 Å². The number of halogens is 1. The average molecular weight is 256 g/mol. The molecule has 2 rings (SSSR count). The van der Waals surface area contributed by atoms with Gasteiger partial charge in [-0.05, 0) is 18.6 Å². The first kappa shape index (κ1) is 11.0. The molecule has 0 saturated carbocycles. The molecule has 0 atom stereocenters. The highest BCUT2D eigenvalue weighted by atomic mass is 35.5. The highest BCUT2D eigenvalue weighted by Crippen LogP contribution is 2.27. The Morgan fingerprint density at radius 3 is 2.87 bits per heavy atom. The smallest absolute Gasteiger partial charge is 0.183 e. The Kier molecular flexibility index (Phi) is 3.67. The molecule has 0 aliphatic carbocycles. The van der Waals surface area contributed by atoms with Gasteiger partial charge in [0.05, 0.1) is 5.69 Å². The third-order valence-corrected chi connectivity index (χ3v) is 4.23. The average Bonchev–Trinajstić information content (AvgIpc) is 2.63. The maximum Gasteiger partial charge on any atom is 0.183 e. The van der Waals surface area contributed by atoms with Gasteiger partial charge in [-0.3, -0.25) is 0 Å². The molecule has 1 heterocycles. The number of nitrogens with zero attached hydrogens (tertiary/aromatic N) is 1. The molecule has 1 nitrogen and oxygen atoms in total. The van der Waals surface area contributed by atoms with E-state index in [1.54, 1.807) is 11.8 Å². The van der Waals surface area contributed by atoms with Gasteiger partial charge in [0.1, 0.15) is 0 Å². The Morgan fingerprint density at radius 1 is 1.40 bits per heavy atom. The second-order valence-electron chi connectivity index (χ2n) is 3.15. The number of benzene rings is 1. The predicted molar refractivity (Wildman–Crippen MR) is 67.9 cm³/mol. The fourth-order valence-corrected chi connectivity index (χ4v) is 3.03. The summed E-state index contributed by atoms with van der Waals surface area (Å²) >= 11 is 9.06. The Hall–Kier alpha value is -0.510. The molecular formula is C11H10ClNS2. The third kappa shape index (κ3) is 2.97. The lowest BCUT2D eigenvalue weighted by Crippen LogP contribution is -1.82. The van der Waals surface area contributed by atoms with E-state index in [9.17, 15) is 0 Å². The van der Waals surface area contributed by atoms with Gasteiger partial charge in [0, 0.05) is 16.0 Å². The number of hydrogen-bond donors (Lipinski definition) is 0. The summed E-state index contributed by atoms with van der Waals surface area (Å²) in [7, 11) is 0. The largest absolute Gasteiger partial charge is 0.229 e. The number of hydrogen-bond acceptors (Lipinski definition) is 3. The normalized spacial score (nSPS) is 10.5. The quantitative estimate of drug-likeness (QED) is 0.754. The van der Waals surface area contributed by atoms with Crippen LogP contribution in [0, 0.1) is 6.92 Å². The van der Waals surface area contributed by atoms with Crippen LogP contribution < -0.4 is 0 Å². The van der Waals surface area contributed by atoms with Crippen LogP contribution in [0.2, 0.25) is 4.47 Å². The molecule has 15 heavy (non-hydrogen) atoms. The van der Waals surface area contributed by atoms with Crippen LogP contribution in [0.15, 0.2) is 34.5 Å². The van der Waals surface area contributed by atoms with E-state index in [0.717, 1.165) is 11.4 Å². The number of thioether (sulfide) groups is 1. The van der Waals surface area contributed by atoms with E-state index in [0.29, 0.717) is 4.47 Å². The standard InChI is InChI=1S/C11H10ClNS2/c1-8-4-2-3-5-10(8)14-6-9-7-15-11(12)13-9/h2-5,7H,6H2,1H3. The molecule has 0 bridgehead atoms. The lowest BCUT2D eigenvalue weighted by atomic mass is 10.2. The van der Waals surface area contributed by atoms with Crippen LogP contribution in [0.1, 0.15) is 11.3 Å². The van der Waals surface area contributed by atoms with E-state index >= 15 is 0 Å². The zero-order valence-electron chi connectivity index (χ0n) is 8.24. The summed E-state index contributed by atoms with van der Waals surface area (Å²) in [6.07, 6.45) is 0. The summed E-state index contributed by atoms with van der Waals surface area (Å²) in [5, 5.41) is 2.01. The van der Waals surface area contributed by atoms with Gasteiger partial charge in [-0.25, -0.2) is 4.98 Å². The fourth-order valence-electron chi connectivity index (χ4n) is 1.22. The van der Waals surface area contributed by atoms with Crippen LogP contribution in [0.4, 0.5) is 0 Å². The highest BCUT2D eigenvalue weighted by molar-refractivity contribution is 7.98. The number of rotatable bonds is 3. The molecule has 0 aliphatic rings. The first-order chi connectivity index (χ1) is 7.25. The summed E-state index contributed by atoms with van der Waals surface area (Å²) in [6, 6.07) is 8.37. The van der Waals surface area contributed by atoms with Crippen molar-refractivity contribution >= 4 is 34.7 Å². The molecular weight excluding hydrogens is 246 g/mol. The molecule has 78 valence electrons. The van der Waals surface area contributed by atoms with Gasteiger partial charge in [-0.2, -0.15) is 0 Å².